The van der Waals surface area contributed by atoms with Crippen LogP contribution < -0.4 is 10.5 Å². The summed E-state index contributed by atoms with van der Waals surface area (Å²) in [4.78, 5) is 8.09. The van der Waals surface area contributed by atoms with Gasteiger partial charge in [0.1, 0.15) is 0 Å². The van der Waals surface area contributed by atoms with E-state index < -0.39 is 10.0 Å². The van der Waals surface area contributed by atoms with Crippen LogP contribution in [0.4, 0.5) is 11.6 Å². The number of anilines is 2. The fourth-order valence-corrected chi connectivity index (χ4v) is 2.03. The van der Waals surface area contributed by atoms with Crippen LogP contribution in [0.2, 0.25) is 0 Å². The summed E-state index contributed by atoms with van der Waals surface area (Å²) in [7, 11) is -3.42. The summed E-state index contributed by atoms with van der Waals surface area (Å²) in [5, 5.41) is 8.00. The van der Waals surface area contributed by atoms with Gasteiger partial charge in [-0.25, -0.2) is 23.5 Å². The summed E-state index contributed by atoms with van der Waals surface area (Å²) in [5.41, 5.74) is 1.75. The largest absolute Gasteiger partial charge is 0.324 e. The van der Waals surface area contributed by atoms with Gasteiger partial charge in [0.25, 0.3) is 0 Å². The molecule has 0 aliphatic rings. The first-order chi connectivity index (χ1) is 9.03. The maximum Gasteiger partial charge on any atom is 0.227 e. The Hall–Kier alpha value is -1.99. The van der Waals surface area contributed by atoms with E-state index >= 15 is 0 Å². The first-order valence-corrected chi connectivity index (χ1v) is 7.38. The number of aryl methyl sites for hydroxylation is 1. The van der Waals surface area contributed by atoms with E-state index in [2.05, 4.69) is 15.3 Å². The van der Waals surface area contributed by atoms with E-state index in [0.717, 1.165) is 11.3 Å². The summed E-state index contributed by atoms with van der Waals surface area (Å²) >= 11 is 0. The van der Waals surface area contributed by atoms with Gasteiger partial charge in [-0.15, -0.1) is 0 Å². The highest BCUT2D eigenvalue weighted by Gasteiger charge is 2.03. The maximum atomic E-state index is 10.9. The number of nitrogens with one attached hydrogen (secondary N) is 1. The minimum absolute atomic E-state index is 0.0540. The van der Waals surface area contributed by atoms with E-state index in [4.69, 9.17) is 5.14 Å². The van der Waals surface area contributed by atoms with Gasteiger partial charge >= 0.3 is 0 Å². The molecule has 0 bridgehead atoms. The number of benzene rings is 1. The Kier molecular flexibility index (Phi) is 4.08. The van der Waals surface area contributed by atoms with Crippen molar-refractivity contribution in [1.82, 2.24) is 9.97 Å². The van der Waals surface area contributed by atoms with Crippen LogP contribution in [-0.4, -0.2) is 24.1 Å². The lowest BCUT2D eigenvalue weighted by molar-refractivity contribution is 0.597. The Morgan fingerprint density at radius 3 is 2.32 bits per heavy atom. The summed E-state index contributed by atoms with van der Waals surface area (Å²) < 4.78 is 21.7. The molecule has 3 N–H and O–H groups in total. The van der Waals surface area contributed by atoms with Gasteiger partial charge in [-0.05, 0) is 30.2 Å². The van der Waals surface area contributed by atoms with Gasteiger partial charge < -0.3 is 5.32 Å². The number of hydrogen-bond acceptors (Lipinski definition) is 5. The molecule has 0 spiro atoms. The van der Waals surface area contributed by atoms with Gasteiger partial charge in [0.2, 0.25) is 16.0 Å². The van der Waals surface area contributed by atoms with Crippen molar-refractivity contribution >= 4 is 21.7 Å². The Balaban J connectivity index is 1.99. The molecule has 0 saturated heterocycles. The van der Waals surface area contributed by atoms with E-state index in [1.165, 1.54) is 0 Å². The Morgan fingerprint density at radius 2 is 1.74 bits per heavy atom. The molecule has 2 rings (SSSR count). The van der Waals surface area contributed by atoms with Crippen molar-refractivity contribution in [2.24, 2.45) is 5.14 Å². The zero-order valence-electron chi connectivity index (χ0n) is 10.2. The van der Waals surface area contributed by atoms with Crippen molar-refractivity contribution in [3.8, 4) is 0 Å². The van der Waals surface area contributed by atoms with Crippen LogP contribution >= 0.6 is 0 Å². The molecular formula is C12H14N4O2S. The van der Waals surface area contributed by atoms with Crippen molar-refractivity contribution in [2.45, 2.75) is 6.42 Å². The van der Waals surface area contributed by atoms with E-state index in [0.29, 0.717) is 12.4 Å². The zero-order valence-corrected chi connectivity index (χ0v) is 11.0. The van der Waals surface area contributed by atoms with E-state index in [9.17, 15) is 8.42 Å². The molecule has 1 heterocycles. The molecule has 1 aromatic carbocycles. The van der Waals surface area contributed by atoms with Crippen molar-refractivity contribution in [1.29, 1.82) is 0 Å². The third-order valence-electron chi connectivity index (χ3n) is 2.45. The number of primary sulfonamides is 1. The second-order valence-corrected chi connectivity index (χ2v) is 5.75. The second kappa shape index (κ2) is 5.77. The van der Waals surface area contributed by atoms with Crippen LogP contribution in [0.15, 0.2) is 42.7 Å². The molecule has 0 aliphatic heterocycles. The minimum atomic E-state index is -3.42. The maximum absolute atomic E-state index is 10.9. The third-order valence-corrected chi connectivity index (χ3v) is 3.22. The Bertz CT molecular complexity index is 627. The molecule has 0 amide bonds. The molecule has 0 atom stereocenters. The molecule has 6 nitrogen and oxygen atoms in total. The predicted octanol–water partition coefficient (Wildman–Crippen LogP) is 1.05. The summed E-state index contributed by atoms with van der Waals surface area (Å²) in [6, 6.07) is 9.11. The lowest BCUT2D eigenvalue weighted by Gasteiger charge is -2.05. The first-order valence-electron chi connectivity index (χ1n) is 5.66. The summed E-state index contributed by atoms with van der Waals surface area (Å²) in [5.74, 6) is 0.460. The Morgan fingerprint density at radius 1 is 1.11 bits per heavy atom. The monoisotopic (exact) mass is 278 g/mol. The second-order valence-electron chi connectivity index (χ2n) is 4.01. The molecule has 2 aromatic rings. The van der Waals surface area contributed by atoms with Crippen molar-refractivity contribution < 1.29 is 8.42 Å². The van der Waals surface area contributed by atoms with E-state index in [1.54, 1.807) is 18.5 Å². The van der Waals surface area contributed by atoms with Crippen molar-refractivity contribution in [2.75, 3.05) is 11.1 Å². The standard InChI is InChI=1S/C12H14N4O2S/c13-19(17,18)9-6-10-2-4-11(5-3-10)16-12-14-7-1-8-15-12/h1-5,7-8H,6,9H2,(H2,13,17,18)(H,14,15,16). The average molecular weight is 278 g/mol. The van der Waals surface area contributed by atoms with E-state index in [-0.39, 0.29) is 5.75 Å². The molecule has 0 radical (unpaired) electrons. The molecule has 7 heteroatoms. The lowest BCUT2D eigenvalue weighted by Crippen LogP contribution is -2.17. The van der Waals surface area contributed by atoms with E-state index in [1.807, 2.05) is 24.3 Å². The fourth-order valence-electron chi connectivity index (χ4n) is 1.51. The summed E-state index contributed by atoms with van der Waals surface area (Å²) in [6.07, 6.45) is 3.70. The molecule has 0 unspecified atom stereocenters. The van der Waals surface area contributed by atoms with Crippen LogP contribution in [-0.2, 0) is 16.4 Å². The van der Waals surface area contributed by atoms with Crippen LogP contribution in [0.25, 0.3) is 0 Å². The highest BCUT2D eigenvalue weighted by molar-refractivity contribution is 7.89. The SMILES string of the molecule is NS(=O)(=O)CCc1ccc(Nc2ncccn2)cc1. The number of sulfonamides is 1. The van der Waals surface area contributed by atoms with Gasteiger partial charge in [-0.2, -0.15) is 0 Å². The Labute approximate surface area is 111 Å². The van der Waals surface area contributed by atoms with Crippen LogP contribution in [0.5, 0.6) is 0 Å². The molecule has 0 saturated carbocycles. The first kappa shape index (κ1) is 13.4. The highest BCUT2D eigenvalue weighted by Crippen LogP contribution is 2.13. The van der Waals surface area contributed by atoms with Crippen LogP contribution in [0.1, 0.15) is 5.56 Å². The number of rotatable bonds is 5. The molecule has 19 heavy (non-hydrogen) atoms. The molecule has 0 fully saturated rings. The average Bonchev–Trinajstić information content (AvgIpc) is 2.38. The van der Waals surface area contributed by atoms with Gasteiger partial charge in [0, 0.05) is 18.1 Å². The minimum Gasteiger partial charge on any atom is -0.324 e. The highest BCUT2D eigenvalue weighted by atomic mass is 32.2. The topological polar surface area (TPSA) is 98.0 Å². The molecule has 1 aromatic heterocycles. The number of hydrogen-bond donors (Lipinski definition) is 2. The fraction of sp³-hybridized carbons (Fsp3) is 0.167. The van der Waals surface area contributed by atoms with Crippen molar-refractivity contribution in [3.63, 3.8) is 0 Å². The van der Waals surface area contributed by atoms with Gasteiger partial charge in [-0.1, -0.05) is 12.1 Å². The van der Waals surface area contributed by atoms with Crippen LogP contribution in [0.3, 0.4) is 0 Å². The predicted molar refractivity (Wildman–Crippen MR) is 73.4 cm³/mol. The number of nitrogens with two attached hydrogens (primary N) is 1. The number of nitrogens with zero attached hydrogens (tertiary/aromatic N) is 2. The van der Waals surface area contributed by atoms with Crippen LogP contribution in [0, 0.1) is 0 Å². The van der Waals surface area contributed by atoms with Gasteiger partial charge in [0.05, 0.1) is 5.75 Å². The third kappa shape index (κ3) is 4.65. The smallest absolute Gasteiger partial charge is 0.227 e. The van der Waals surface area contributed by atoms with Gasteiger partial charge in [0.15, 0.2) is 0 Å². The number of aromatic nitrogens is 2. The normalized spacial score (nSPS) is 11.2. The molecule has 0 aliphatic carbocycles. The van der Waals surface area contributed by atoms with Gasteiger partial charge in [-0.3, -0.25) is 0 Å². The molecule has 100 valence electrons. The summed E-state index contributed by atoms with van der Waals surface area (Å²) in [6.45, 7) is 0. The van der Waals surface area contributed by atoms with Crippen molar-refractivity contribution in [3.05, 3.63) is 48.3 Å². The molecular weight excluding hydrogens is 264 g/mol. The quantitative estimate of drug-likeness (QED) is 0.852. The zero-order chi connectivity index (χ0) is 13.7. The lowest BCUT2D eigenvalue weighted by atomic mass is 10.1.